The average molecular weight is 235 g/mol. The van der Waals surface area contributed by atoms with E-state index < -0.39 is 0 Å². The molecular formula is C13H17NO3. The van der Waals surface area contributed by atoms with Crippen LogP contribution in [0.4, 0.5) is 0 Å². The molecule has 0 bridgehead atoms. The minimum atomic E-state index is -0.351. The zero-order valence-corrected chi connectivity index (χ0v) is 9.85. The van der Waals surface area contributed by atoms with Crippen molar-refractivity contribution in [3.63, 3.8) is 0 Å². The SMILES string of the molecule is CC(CC(=O)NCCO)C(=O)c1ccccc1. The van der Waals surface area contributed by atoms with Crippen LogP contribution >= 0.6 is 0 Å². The fourth-order valence-electron chi connectivity index (χ4n) is 1.53. The van der Waals surface area contributed by atoms with E-state index in [0.29, 0.717) is 5.56 Å². The predicted molar refractivity (Wildman–Crippen MR) is 64.6 cm³/mol. The Labute approximate surface area is 101 Å². The second kappa shape index (κ2) is 6.81. The van der Waals surface area contributed by atoms with E-state index in [4.69, 9.17) is 5.11 Å². The van der Waals surface area contributed by atoms with E-state index in [1.165, 1.54) is 0 Å². The molecule has 0 aliphatic rings. The summed E-state index contributed by atoms with van der Waals surface area (Å²) in [5.74, 6) is -0.600. The van der Waals surface area contributed by atoms with Crippen molar-refractivity contribution in [2.75, 3.05) is 13.2 Å². The van der Waals surface area contributed by atoms with Gasteiger partial charge in [-0.25, -0.2) is 0 Å². The maximum Gasteiger partial charge on any atom is 0.220 e. The number of ketones is 1. The molecule has 0 fully saturated rings. The van der Waals surface area contributed by atoms with Crippen molar-refractivity contribution in [3.05, 3.63) is 35.9 Å². The zero-order chi connectivity index (χ0) is 12.7. The van der Waals surface area contributed by atoms with E-state index in [2.05, 4.69) is 5.32 Å². The highest BCUT2D eigenvalue weighted by Gasteiger charge is 2.17. The predicted octanol–water partition coefficient (Wildman–Crippen LogP) is 1.00. The number of carbonyl (C=O) groups excluding carboxylic acids is 2. The van der Waals surface area contributed by atoms with Crippen LogP contribution < -0.4 is 5.32 Å². The number of Topliss-reactive ketones (excluding diaryl/α,β-unsaturated/α-hetero) is 1. The number of carbonyl (C=O) groups is 2. The first-order valence-corrected chi connectivity index (χ1v) is 5.62. The van der Waals surface area contributed by atoms with Gasteiger partial charge in [-0.1, -0.05) is 37.3 Å². The molecule has 4 nitrogen and oxygen atoms in total. The smallest absolute Gasteiger partial charge is 0.220 e. The van der Waals surface area contributed by atoms with E-state index in [0.717, 1.165) is 0 Å². The van der Waals surface area contributed by atoms with Crippen molar-refractivity contribution in [3.8, 4) is 0 Å². The fourth-order valence-corrected chi connectivity index (χ4v) is 1.53. The second-order valence-electron chi connectivity index (χ2n) is 3.91. The molecule has 92 valence electrons. The van der Waals surface area contributed by atoms with E-state index in [1.807, 2.05) is 6.07 Å². The van der Waals surface area contributed by atoms with E-state index in [-0.39, 0.29) is 37.2 Å². The van der Waals surface area contributed by atoms with Crippen molar-refractivity contribution in [1.29, 1.82) is 0 Å². The van der Waals surface area contributed by atoms with Gasteiger partial charge in [0, 0.05) is 24.4 Å². The highest BCUT2D eigenvalue weighted by molar-refractivity contribution is 5.99. The third kappa shape index (κ3) is 4.36. The number of nitrogens with one attached hydrogen (secondary N) is 1. The molecule has 0 spiro atoms. The zero-order valence-electron chi connectivity index (χ0n) is 9.85. The highest BCUT2D eigenvalue weighted by Crippen LogP contribution is 2.11. The molecule has 0 aliphatic heterocycles. The summed E-state index contributed by atoms with van der Waals surface area (Å²) in [7, 11) is 0. The van der Waals surface area contributed by atoms with Crippen LogP contribution in [0, 0.1) is 5.92 Å². The summed E-state index contributed by atoms with van der Waals surface area (Å²) in [6, 6.07) is 8.92. The van der Waals surface area contributed by atoms with Crippen LogP contribution in [0.1, 0.15) is 23.7 Å². The number of aliphatic hydroxyl groups excluding tert-OH is 1. The Balaban J connectivity index is 2.50. The van der Waals surface area contributed by atoms with Crippen LogP contribution in [0.3, 0.4) is 0 Å². The minimum absolute atomic E-state index is 0.0373. The molecule has 0 radical (unpaired) electrons. The number of aliphatic hydroxyl groups is 1. The summed E-state index contributed by atoms with van der Waals surface area (Å²) in [6.07, 6.45) is 0.147. The Hall–Kier alpha value is -1.68. The van der Waals surface area contributed by atoms with Crippen LogP contribution in [-0.2, 0) is 4.79 Å². The van der Waals surface area contributed by atoms with Gasteiger partial charge in [-0.3, -0.25) is 9.59 Å². The van der Waals surface area contributed by atoms with Gasteiger partial charge >= 0.3 is 0 Å². The molecule has 1 rings (SSSR count). The van der Waals surface area contributed by atoms with Crippen LogP contribution in [0.2, 0.25) is 0 Å². The molecule has 1 unspecified atom stereocenters. The molecule has 17 heavy (non-hydrogen) atoms. The van der Waals surface area contributed by atoms with Gasteiger partial charge in [-0.2, -0.15) is 0 Å². The van der Waals surface area contributed by atoms with Crippen molar-refractivity contribution >= 4 is 11.7 Å². The first kappa shape index (κ1) is 13.4. The molecule has 0 heterocycles. The van der Waals surface area contributed by atoms with Gasteiger partial charge < -0.3 is 10.4 Å². The lowest BCUT2D eigenvalue weighted by molar-refractivity contribution is -0.121. The Morgan fingerprint density at radius 3 is 2.53 bits per heavy atom. The maximum absolute atomic E-state index is 11.9. The van der Waals surface area contributed by atoms with Gasteiger partial charge in [0.2, 0.25) is 5.91 Å². The number of benzene rings is 1. The summed E-state index contributed by atoms with van der Waals surface area (Å²) in [4.78, 5) is 23.3. The fraction of sp³-hybridized carbons (Fsp3) is 0.385. The van der Waals surface area contributed by atoms with Gasteiger partial charge in [0.15, 0.2) is 5.78 Å². The van der Waals surface area contributed by atoms with Crippen molar-refractivity contribution in [2.24, 2.45) is 5.92 Å². The van der Waals surface area contributed by atoms with Gasteiger partial charge in [-0.15, -0.1) is 0 Å². The standard InChI is InChI=1S/C13H17NO3/c1-10(9-12(16)14-7-8-15)13(17)11-5-3-2-4-6-11/h2-6,10,15H,7-9H2,1H3,(H,14,16). The monoisotopic (exact) mass is 235 g/mol. The highest BCUT2D eigenvalue weighted by atomic mass is 16.3. The molecule has 0 saturated carbocycles. The molecule has 4 heteroatoms. The molecule has 0 aliphatic carbocycles. The largest absolute Gasteiger partial charge is 0.395 e. The Kier molecular flexibility index (Phi) is 5.36. The summed E-state index contributed by atoms with van der Waals surface area (Å²) < 4.78 is 0. The second-order valence-corrected chi connectivity index (χ2v) is 3.91. The van der Waals surface area contributed by atoms with Crippen molar-refractivity contribution in [2.45, 2.75) is 13.3 Å². The molecule has 0 aromatic heterocycles. The van der Waals surface area contributed by atoms with Gasteiger partial charge in [0.25, 0.3) is 0 Å². The first-order valence-electron chi connectivity index (χ1n) is 5.62. The normalized spacial score (nSPS) is 11.9. The Morgan fingerprint density at radius 1 is 1.29 bits per heavy atom. The minimum Gasteiger partial charge on any atom is -0.395 e. The molecule has 1 atom stereocenters. The third-order valence-electron chi connectivity index (χ3n) is 2.43. The summed E-state index contributed by atoms with van der Waals surface area (Å²) in [6.45, 7) is 1.87. The van der Waals surface area contributed by atoms with E-state index in [1.54, 1.807) is 31.2 Å². The van der Waals surface area contributed by atoms with Crippen molar-refractivity contribution < 1.29 is 14.7 Å². The first-order chi connectivity index (χ1) is 8.15. The number of hydrogen-bond donors (Lipinski definition) is 2. The summed E-state index contributed by atoms with van der Waals surface area (Å²) in [5, 5.41) is 11.1. The van der Waals surface area contributed by atoms with Crippen LogP contribution in [0.5, 0.6) is 0 Å². The van der Waals surface area contributed by atoms with Crippen molar-refractivity contribution in [1.82, 2.24) is 5.32 Å². The summed E-state index contributed by atoms with van der Waals surface area (Å²) in [5.41, 5.74) is 0.620. The summed E-state index contributed by atoms with van der Waals surface area (Å²) >= 11 is 0. The lowest BCUT2D eigenvalue weighted by atomic mass is 9.96. The molecule has 1 aromatic carbocycles. The third-order valence-corrected chi connectivity index (χ3v) is 2.43. The topological polar surface area (TPSA) is 66.4 Å². The maximum atomic E-state index is 11.9. The molecule has 1 amide bonds. The number of amides is 1. The van der Waals surface area contributed by atoms with Crippen LogP contribution in [0.15, 0.2) is 30.3 Å². The Morgan fingerprint density at radius 2 is 1.94 bits per heavy atom. The van der Waals surface area contributed by atoms with Gasteiger partial charge in [0.1, 0.15) is 0 Å². The van der Waals surface area contributed by atoms with Crippen LogP contribution in [0.25, 0.3) is 0 Å². The van der Waals surface area contributed by atoms with Gasteiger partial charge in [-0.05, 0) is 0 Å². The number of hydrogen-bond acceptors (Lipinski definition) is 3. The lowest BCUT2D eigenvalue weighted by Crippen LogP contribution is -2.29. The molecule has 0 saturated heterocycles. The molecular weight excluding hydrogens is 218 g/mol. The average Bonchev–Trinajstić information content (AvgIpc) is 2.36. The lowest BCUT2D eigenvalue weighted by Gasteiger charge is -2.10. The van der Waals surface area contributed by atoms with Crippen LogP contribution in [-0.4, -0.2) is 29.9 Å². The Bertz CT molecular complexity index is 376. The quantitative estimate of drug-likeness (QED) is 0.723. The van der Waals surface area contributed by atoms with E-state index >= 15 is 0 Å². The molecule has 2 N–H and O–H groups in total. The van der Waals surface area contributed by atoms with Gasteiger partial charge in [0.05, 0.1) is 6.61 Å². The molecule has 1 aromatic rings. The number of rotatable bonds is 6. The van der Waals surface area contributed by atoms with E-state index in [9.17, 15) is 9.59 Å².